The zero-order valence-corrected chi connectivity index (χ0v) is 12.0. The van der Waals surface area contributed by atoms with Crippen LogP contribution >= 0.6 is 27.3 Å². The standard InChI is InChI=1S/C12H16BrNOS/c1-12(2,13)11(15)14-7-3-5-9(14)10-6-4-8-16-10/h4,6,8-9H,3,5,7H2,1-2H3. The number of rotatable bonds is 2. The Bertz CT molecular complexity index is 369. The largest absolute Gasteiger partial charge is 0.334 e. The summed E-state index contributed by atoms with van der Waals surface area (Å²) in [7, 11) is 0. The van der Waals surface area contributed by atoms with Crippen LogP contribution in [0, 0.1) is 0 Å². The van der Waals surface area contributed by atoms with E-state index in [1.54, 1.807) is 11.3 Å². The molecule has 1 amide bonds. The molecular weight excluding hydrogens is 286 g/mol. The molecule has 0 radical (unpaired) electrons. The Labute approximate surface area is 109 Å². The summed E-state index contributed by atoms with van der Waals surface area (Å²) in [6.45, 7) is 4.72. The Balaban J connectivity index is 2.19. The van der Waals surface area contributed by atoms with Crippen molar-refractivity contribution in [2.24, 2.45) is 0 Å². The van der Waals surface area contributed by atoms with E-state index in [4.69, 9.17) is 0 Å². The maximum atomic E-state index is 12.3. The molecule has 0 aliphatic carbocycles. The summed E-state index contributed by atoms with van der Waals surface area (Å²) in [5.74, 6) is 0.198. The van der Waals surface area contributed by atoms with Crippen LogP contribution < -0.4 is 0 Å². The van der Waals surface area contributed by atoms with Crippen molar-refractivity contribution in [1.82, 2.24) is 4.90 Å². The van der Waals surface area contributed by atoms with Gasteiger partial charge in [0.05, 0.1) is 10.4 Å². The third kappa shape index (κ3) is 2.33. The lowest BCUT2D eigenvalue weighted by Gasteiger charge is -2.29. The van der Waals surface area contributed by atoms with E-state index >= 15 is 0 Å². The fraction of sp³-hybridized carbons (Fsp3) is 0.583. The van der Waals surface area contributed by atoms with E-state index in [2.05, 4.69) is 33.4 Å². The van der Waals surface area contributed by atoms with E-state index in [1.807, 2.05) is 18.7 Å². The minimum Gasteiger partial charge on any atom is -0.334 e. The molecule has 1 fully saturated rings. The van der Waals surface area contributed by atoms with Crippen LogP contribution in [0.2, 0.25) is 0 Å². The first-order valence-electron chi connectivity index (χ1n) is 5.53. The van der Waals surface area contributed by atoms with Crippen molar-refractivity contribution in [2.45, 2.75) is 37.1 Å². The lowest BCUT2D eigenvalue weighted by molar-refractivity contribution is -0.133. The van der Waals surface area contributed by atoms with Gasteiger partial charge in [-0.1, -0.05) is 22.0 Å². The number of carbonyl (C=O) groups is 1. The van der Waals surface area contributed by atoms with Gasteiger partial charge in [-0.25, -0.2) is 0 Å². The van der Waals surface area contributed by atoms with Crippen LogP contribution in [0.15, 0.2) is 17.5 Å². The van der Waals surface area contributed by atoms with Gasteiger partial charge in [0.2, 0.25) is 5.91 Å². The molecule has 0 spiro atoms. The van der Waals surface area contributed by atoms with Crippen LogP contribution in [0.25, 0.3) is 0 Å². The van der Waals surface area contributed by atoms with Gasteiger partial charge >= 0.3 is 0 Å². The van der Waals surface area contributed by atoms with Crippen molar-refractivity contribution >= 4 is 33.2 Å². The summed E-state index contributed by atoms with van der Waals surface area (Å²) in [4.78, 5) is 15.6. The highest BCUT2D eigenvalue weighted by atomic mass is 79.9. The van der Waals surface area contributed by atoms with Crippen LogP contribution in [-0.2, 0) is 4.79 Å². The van der Waals surface area contributed by atoms with E-state index < -0.39 is 4.32 Å². The minimum absolute atomic E-state index is 0.198. The number of alkyl halides is 1. The van der Waals surface area contributed by atoms with Crippen molar-refractivity contribution in [2.75, 3.05) is 6.54 Å². The molecule has 1 unspecified atom stereocenters. The number of carbonyl (C=O) groups excluding carboxylic acids is 1. The second-order valence-electron chi connectivity index (χ2n) is 4.64. The highest BCUT2D eigenvalue weighted by Gasteiger charge is 2.36. The Hall–Kier alpha value is -0.350. The zero-order valence-electron chi connectivity index (χ0n) is 9.57. The first-order valence-corrected chi connectivity index (χ1v) is 7.21. The molecule has 88 valence electrons. The summed E-state index contributed by atoms with van der Waals surface area (Å²) in [5, 5.41) is 2.08. The van der Waals surface area contributed by atoms with Crippen LogP contribution in [0.4, 0.5) is 0 Å². The summed E-state index contributed by atoms with van der Waals surface area (Å²) in [6.07, 6.45) is 2.20. The molecule has 1 aromatic rings. The zero-order chi connectivity index (χ0) is 11.8. The average Bonchev–Trinajstić information content (AvgIpc) is 2.85. The molecule has 2 heterocycles. The quantitative estimate of drug-likeness (QED) is 0.765. The lowest BCUT2D eigenvalue weighted by Crippen LogP contribution is -2.40. The van der Waals surface area contributed by atoms with Crippen molar-refractivity contribution in [3.8, 4) is 0 Å². The molecule has 0 bridgehead atoms. The maximum absolute atomic E-state index is 12.3. The number of amides is 1. The van der Waals surface area contributed by atoms with E-state index in [0.717, 1.165) is 19.4 Å². The van der Waals surface area contributed by atoms with Crippen LogP contribution in [-0.4, -0.2) is 21.7 Å². The number of halogens is 1. The van der Waals surface area contributed by atoms with E-state index in [9.17, 15) is 4.79 Å². The normalized spacial score (nSPS) is 21.4. The fourth-order valence-corrected chi connectivity index (χ4v) is 3.23. The van der Waals surface area contributed by atoms with Gasteiger partial charge in [-0.05, 0) is 38.1 Å². The summed E-state index contributed by atoms with van der Waals surface area (Å²) < 4.78 is -0.452. The smallest absolute Gasteiger partial charge is 0.239 e. The molecule has 1 aliphatic heterocycles. The average molecular weight is 302 g/mol. The van der Waals surface area contributed by atoms with E-state index in [-0.39, 0.29) is 5.91 Å². The molecule has 2 nitrogen and oxygen atoms in total. The van der Waals surface area contributed by atoms with Gasteiger partial charge in [0.1, 0.15) is 0 Å². The molecule has 16 heavy (non-hydrogen) atoms. The first kappa shape index (κ1) is 12.1. The van der Waals surface area contributed by atoms with Crippen molar-refractivity contribution in [3.63, 3.8) is 0 Å². The molecule has 0 N–H and O–H groups in total. The van der Waals surface area contributed by atoms with Crippen molar-refractivity contribution in [3.05, 3.63) is 22.4 Å². The number of hydrogen-bond acceptors (Lipinski definition) is 2. The SMILES string of the molecule is CC(C)(Br)C(=O)N1CCCC1c1cccs1. The topological polar surface area (TPSA) is 20.3 Å². The first-order chi connectivity index (χ1) is 7.50. The third-order valence-electron chi connectivity index (χ3n) is 2.89. The molecule has 0 aromatic carbocycles. The van der Waals surface area contributed by atoms with Gasteiger partial charge in [-0.2, -0.15) is 0 Å². The Kier molecular flexibility index (Phi) is 3.40. The maximum Gasteiger partial charge on any atom is 0.239 e. The molecule has 1 saturated heterocycles. The monoisotopic (exact) mass is 301 g/mol. The minimum atomic E-state index is -0.452. The summed E-state index contributed by atoms with van der Waals surface area (Å²) in [6, 6.07) is 4.48. The van der Waals surface area contributed by atoms with Crippen LogP contribution in [0.5, 0.6) is 0 Å². The molecule has 4 heteroatoms. The Morgan fingerprint density at radius 2 is 2.38 bits per heavy atom. The summed E-state index contributed by atoms with van der Waals surface area (Å²) in [5.41, 5.74) is 0. The Morgan fingerprint density at radius 3 is 2.94 bits per heavy atom. The van der Waals surface area contributed by atoms with Crippen LogP contribution in [0.1, 0.15) is 37.6 Å². The second-order valence-corrected chi connectivity index (χ2v) is 7.61. The highest BCUT2D eigenvalue weighted by Crippen LogP contribution is 2.37. The van der Waals surface area contributed by atoms with Gasteiger partial charge in [0.25, 0.3) is 0 Å². The van der Waals surface area contributed by atoms with Crippen LogP contribution in [0.3, 0.4) is 0 Å². The van der Waals surface area contributed by atoms with Gasteiger partial charge in [0.15, 0.2) is 0 Å². The highest BCUT2D eigenvalue weighted by molar-refractivity contribution is 9.10. The molecular formula is C12H16BrNOS. The molecule has 0 saturated carbocycles. The molecule has 2 rings (SSSR count). The van der Waals surface area contributed by atoms with Gasteiger partial charge in [-0.15, -0.1) is 11.3 Å². The predicted molar refractivity (Wildman–Crippen MR) is 71.0 cm³/mol. The number of nitrogens with zero attached hydrogens (tertiary/aromatic N) is 1. The van der Waals surface area contributed by atoms with Gasteiger partial charge in [0, 0.05) is 11.4 Å². The third-order valence-corrected chi connectivity index (χ3v) is 4.21. The second kappa shape index (κ2) is 4.49. The number of likely N-dealkylation sites (tertiary alicyclic amines) is 1. The van der Waals surface area contributed by atoms with E-state index in [1.165, 1.54) is 4.88 Å². The van der Waals surface area contributed by atoms with Crippen molar-refractivity contribution in [1.29, 1.82) is 0 Å². The summed E-state index contributed by atoms with van der Waals surface area (Å²) >= 11 is 5.20. The van der Waals surface area contributed by atoms with Gasteiger partial charge < -0.3 is 4.90 Å². The Morgan fingerprint density at radius 1 is 1.62 bits per heavy atom. The fourth-order valence-electron chi connectivity index (χ4n) is 2.13. The molecule has 1 aliphatic rings. The number of thiophene rings is 1. The lowest BCUT2D eigenvalue weighted by atomic mass is 10.1. The molecule has 1 atom stereocenters. The van der Waals surface area contributed by atoms with E-state index in [0.29, 0.717) is 6.04 Å². The van der Waals surface area contributed by atoms with Crippen molar-refractivity contribution < 1.29 is 4.79 Å². The van der Waals surface area contributed by atoms with Gasteiger partial charge in [-0.3, -0.25) is 4.79 Å². The predicted octanol–water partition coefficient (Wildman–Crippen LogP) is 3.59. The molecule has 1 aromatic heterocycles. The number of hydrogen-bond donors (Lipinski definition) is 0.